The molecular weight excluding hydrogens is 1220 g/mol. The first-order chi connectivity index (χ1) is 35.0. The summed E-state index contributed by atoms with van der Waals surface area (Å²) in [6.45, 7) is 1.98. The van der Waals surface area contributed by atoms with Gasteiger partial charge in [0.25, 0.3) is 5.91 Å². The molecule has 0 spiro atoms. The molecule has 404 valence electrons. The van der Waals surface area contributed by atoms with Gasteiger partial charge < -0.3 is 4.90 Å². The van der Waals surface area contributed by atoms with E-state index < -0.39 is 84.1 Å². The molecule has 0 bridgehead atoms. The van der Waals surface area contributed by atoms with Gasteiger partial charge in [0.2, 0.25) is 0 Å². The number of hydrogen-bond donors (Lipinski definition) is 0. The average molecular weight is 1240 g/mol. The van der Waals surface area contributed by atoms with Crippen molar-refractivity contribution < 1.29 is 71.1 Å². The van der Waals surface area contributed by atoms with Crippen LogP contribution >= 0.6 is 92.3 Å². The number of nitrogens with zero attached hydrogens (tertiary/aromatic N) is 9. The Balaban J connectivity index is 0.000000221. The van der Waals surface area contributed by atoms with Gasteiger partial charge in [-0.05, 0) is 69.0 Å². The molecule has 2 aliphatic rings. The van der Waals surface area contributed by atoms with Crippen molar-refractivity contribution in [1.82, 2.24) is 34.9 Å². The van der Waals surface area contributed by atoms with E-state index in [0.717, 1.165) is 32.0 Å². The predicted octanol–water partition coefficient (Wildman–Crippen LogP) is 15.9. The van der Waals surface area contributed by atoms with Crippen LogP contribution in [0.15, 0.2) is 48.8 Å². The third-order valence-corrected chi connectivity index (χ3v) is 15.8. The van der Waals surface area contributed by atoms with Crippen molar-refractivity contribution in [1.29, 1.82) is 10.5 Å². The number of amides is 1. The minimum absolute atomic E-state index is 0.00440. The fourth-order valence-corrected chi connectivity index (χ4v) is 11.3. The summed E-state index contributed by atoms with van der Waals surface area (Å²) in [6, 6.07) is 7.73. The van der Waals surface area contributed by atoms with Crippen LogP contribution in [0.1, 0.15) is 70.9 Å². The maximum Gasteiger partial charge on any atom is 0.435 e. The fourth-order valence-electron chi connectivity index (χ4n) is 7.47. The van der Waals surface area contributed by atoms with E-state index in [9.17, 15) is 81.6 Å². The van der Waals surface area contributed by atoms with Crippen LogP contribution in [0, 0.1) is 28.1 Å². The Kier molecular flexibility index (Phi) is 15.7. The van der Waals surface area contributed by atoms with Gasteiger partial charge in [-0.3, -0.25) is 9.59 Å². The van der Waals surface area contributed by atoms with E-state index >= 15 is 0 Å². The highest BCUT2D eigenvalue weighted by Crippen LogP contribution is 2.56. The largest absolute Gasteiger partial charge is 0.435 e. The Morgan fingerprint density at radius 3 is 1.29 bits per heavy atom. The maximum atomic E-state index is 14.5. The molecule has 0 radical (unpaired) electrons. The summed E-state index contributed by atoms with van der Waals surface area (Å²) in [7, 11) is 0. The number of alkyl halides is 14. The second-order valence-electron chi connectivity index (χ2n) is 16.8. The standard InChI is InChI=1S/C22H13Cl3F7N5OS.C21H10Cl3F7N4OS/c1-2-36(19(9-33)3-4-19)18(38)11-7-15(39-17(11)25)14-8-37(35-34-14)16-12(23)5-10(6-13(16)24)20(26,21(27,28)29)22(30,31)32;22-11-3-9(19(25,20(26,27)28)21(29,30)31)4-12(23)16(11)35-7-13(33-34-35)15-5-10(17(24)37-15)14(36)6-18(8-32)1-2-18/h5-8H,2-4H2,1H3;3-5,7H,1-2,6H2. The molecule has 8 rings (SSSR count). The molecule has 76 heavy (non-hydrogen) atoms. The number of nitriles is 2. The molecular formula is C43H23Cl6F14N9O2S2. The summed E-state index contributed by atoms with van der Waals surface area (Å²) in [5.41, 5.74) is -17.0. The van der Waals surface area contributed by atoms with Crippen molar-refractivity contribution in [2.75, 3.05) is 6.54 Å². The molecule has 1 amide bonds. The molecule has 4 heterocycles. The van der Waals surface area contributed by atoms with Crippen molar-refractivity contribution in [2.24, 2.45) is 5.41 Å². The van der Waals surface area contributed by atoms with Crippen LogP contribution in [0.25, 0.3) is 32.5 Å². The second kappa shape index (κ2) is 20.3. The lowest BCUT2D eigenvalue weighted by Gasteiger charge is -2.30. The first-order valence-corrected chi connectivity index (χ1v) is 24.7. The first kappa shape index (κ1) is 58.7. The summed E-state index contributed by atoms with van der Waals surface area (Å²) in [4.78, 5) is 27.8. The SMILES string of the molecule is CCN(C(=O)c1cc(-c2cn(-c3c(Cl)cc(C(F)(C(F)(F)F)C(F)(F)F)cc3Cl)nn2)sc1Cl)C1(C#N)CC1.N#CC1(CC(=O)c2cc(-c3cn(-c4c(Cl)cc(C(F)(C(F)(F)F)C(F)(F)F)cc4Cl)nn3)sc2Cl)CC1. The molecule has 6 aromatic rings. The van der Waals surface area contributed by atoms with Crippen LogP contribution in [0.4, 0.5) is 61.5 Å². The number of aromatic nitrogens is 6. The van der Waals surface area contributed by atoms with Gasteiger partial charge in [-0.1, -0.05) is 80.0 Å². The van der Waals surface area contributed by atoms with Crippen molar-refractivity contribution in [3.8, 4) is 44.7 Å². The molecule has 33 heteroatoms. The number of carbonyl (C=O) groups excluding carboxylic acids is 2. The van der Waals surface area contributed by atoms with E-state index in [-0.39, 0.29) is 85.6 Å². The van der Waals surface area contributed by atoms with Gasteiger partial charge in [-0.15, -0.1) is 32.9 Å². The van der Waals surface area contributed by atoms with E-state index in [1.165, 1.54) is 29.4 Å². The van der Waals surface area contributed by atoms with Crippen molar-refractivity contribution in [2.45, 2.75) is 80.6 Å². The fraction of sp³-hybridized carbons (Fsp3) is 0.349. The molecule has 2 aromatic carbocycles. The highest BCUT2D eigenvalue weighted by atomic mass is 35.5. The quantitative estimate of drug-likeness (QED) is 0.0869. The zero-order valence-corrected chi connectivity index (χ0v) is 43.2. The van der Waals surface area contributed by atoms with Crippen LogP contribution in [0.3, 0.4) is 0 Å². The lowest BCUT2D eigenvalue weighted by Crippen LogP contribution is -2.50. The van der Waals surface area contributed by atoms with Gasteiger partial charge in [-0.25, -0.2) is 18.1 Å². The van der Waals surface area contributed by atoms with Gasteiger partial charge >= 0.3 is 36.0 Å². The lowest BCUT2D eigenvalue weighted by molar-refractivity contribution is -0.349. The Labute approximate surface area is 455 Å². The molecule has 0 atom stereocenters. The molecule has 0 saturated heterocycles. The predicted molar refractivity (Wildman–Crippen MR) is 250 cm³/mol. The zero-order chi connectivity index (χ0) is 56.7. The highest BCUT2D eigenvalue weighted by molar-refractivity contribution is 7.20. The Morgan fingerprint density at radius 2 is 0.974 bits per heavy atom. The summed E-state index contributed by atoms with van der Waals surface area (Å²) in [6.07, 6.45) is -20.8. The van der Waals surface area contributed by atoms with Gasteiger partial charge in [0.1, 0.15) is 37.0 Å². The molecule has 0 N–H and O–H groups in total. The number of ketones is 1. The summed E-state index contributed by atoms with van der Waals surface area (Å²) < 4.78 is 188. The molecule has 0 unspecified atom stereocenters. The lowest BCUT2D eigenvalue weighted by atomic mass is 9.94. The van der Waals surface area contributed by atoms with E-state index in [1.54, 1.807) is 6.92 Å². The molecule has 2 saturated carbocycles. The first-order valence-electron chi connectivity index (χ1n) is 20.8. The van der Waals surface area contributed by atoms with Gasteiger partial charge in [0.15, 0.2) is 5.78 Å². The highest BCUT2D eigenvalue weighted by Gasteiger charge is 2.75. The Bertz CT molecular complexity index is 3290. The minimum Gasteiger partial charge on any atom is -0.320 e. The molecule has 2 fully saturated rings. The third-order valence-electron chi connectivity index (χ3n) is 11.8. The summed E-state index contributed by atoms with van der Waals surface area (Å²) in [5.74, 6) is -0.813. The van der Waals surface area contributed by atoms with Crippen LogP contribution in [-0.2, 0) is 11.3 Å². The number of halogens is 20. The van der Waals surface area contributed by atoms with Crippen LogP contribution < -0.4 is 0 Å². The van der Waals surface area contributed by atoms with Crippen LogP contribution in [0.5, 0.6) is 0 Å². The van der Waals surface area contributed by atoms with Gasteiger partial charge in [-0.2, -0.15) is 63.2 Å². The number of hydrogen-bond acceptors (Lipinski definition) is 10. The zero-order valence-electron chi connectivity index (χ0n) is 37.1. The van der Waals surface area contributed by atoms with E-state index in [4.69, 9.17) is 69.6 Å². The summed E-state index contributed by atoms with van der Waals surface area (Å²) in [5, 5.41) is 30.8. The normalized spacial score (nSPS) is 15.4. The third kappa shape index (κ3) is 10.5. The van der Waals surface area contributed by atoms with E-state index in [1.807, 2.05) is 0 Å². The van der Waals surface area contributed by atoms with Gasteiger partial charge in [0, 0.05) is 29.7 Å². The number of rotatable bonds is 12. The number of benzene rings is 2. The molecule has 2 aliphatic carbocycles. The van der Waals surface area contributed by atoms with Crippen molar-refractivity contribution in [3.05, 3.63) is 99.8 Å². The number of Topliss-reactive ketones (excluding diaryl/α,β-unsaturated/α-hetero) is 1. The topological polar surface area (TPSA) is 146 Å². The summed E-state index contributed by atoms with van der Waals surface area (Å²) >= 11 is 38.1. The molecule has 4 aromatic heterocycles. The van der Waals surface area contributed by atoms with Crippen LogP contribution in [-0.4, -0.2) is 83.4 Å². The smallest absolute Gasteiger partial charge is 0.320 e. The Morgan fingerprint density at radius 1 is 0.605 bits per heavy atom. The number of thiophene rings is 2. The molecule has 0 aliphatic heterocycles. The monoisotopic (exact) mass is 1240 g/mol. The Hall–Kier alpha value is -5.00. The maximum absolute atomic E-state index is 14.5. The van der Waals surface area contributed by atoms with Crippen molar-refractivity contribution >= 4 is 104 Å². The number of carbonyl (C=O) groups is 2. The van der Waals surface area contributed by atoms with Crippen LogP contribution in [0.2, 0.25) is 28.8 Å². The molecule has 11 nitrogen and oxygen atoms in total. The minimum atomic E-state index is -6.35. The van der Waals surface area contributed by atoms with E-state index in [0.29, 0.717) is 35.4 Å². The average Bonchev–Trinajstić information content (AvgIpc) is 3.94. The van der Waals surface area contributed by atoms with E-state index in [2.05, 4.69) is 32.8 Å². The van der Waals surface area contributed by atoms with Gasteiger partial charge in [0.05, 0.1) is 65.4 Å². The second-order valence-corrected chi connectivity index (χ2v) is 21.7. The van der Waals surface area contributed by atoms with Crippen molar-refractivity contribution in [3.63, 3.8) is 0 Å².